The van der Waals surface area contributed by atoms with Gasteiger partial charge in [-0.15, -0.1) is 11.6 Å². The normalized spacial score (nSPS) is 10.2. The number of carbonyl (C=O) groups is 1. The van der Waals surface area contributed by atoms with E-state index in [1.807, 2.05) is 6.07 Å². The first kappa shape index (κ1) is 13.8. The molecular weight excluding hydrogens is 238 g/mol. The van der Waals surface area contributed by atoms with Crippen LogP contribution in [-0.4, -0.2) is 23.4 Å². The molecule has 17 heavy (non-hydrogen) atoms. The van der Waals surface area contributed by atoms with Crippen LogP contribution in [0.1, 0.15) is 24.8 Å². The van der Waals surface area contributed by atoms with E-state index >= 15 is 0 Å². The third-order valence-corrected chi connectivity index (χ3v) is 2.68. The number of benzene rings is 1. The van der Waals surface area contributed by atoms with Gasteiger partial charge in [-0.2, -0.15) is 0 Å². The Balaban J connectivity index is 2.21. The van der Waals surface area contributed by atoms with Crippen molar-refractivity contribution in [1.29, 1.82) is 0 Å². The summed E-state index contributed by atoms with van der Waals surface area (Å²) < 4.78 is 0. The zero-order chi connectivity index (χ0) is 12.5. The molecule has 1 aromatic carbocycles. The molecule has 0 aliphatic heterocycles. The SMILES string of the molecule is O=C(Cc1cccc(O)c1)NCCCCCCl. The molecule has 0 aromatic heterocycles. The Morgan fingerprint density at radius 1 is 1.29 bits per heavy atom. The second-order valence-corrected chi connectivity index (χ2v) is 4.32. The molecule has 0 saturated carbocycles. The highest BCUT2D eigenvalue weighted by Crippen LogP contribution is 2.11. The van der Waals surface area contributed by atoms with Crippen LogP contribution in [-0.2, 0) is 11.2 Å². The van der Waals surface area contributed by atoms with E-state index in [9.17, 15) is 9.90 Å². The minimum Gasteiger partial charge on any atom is -0.508 e. The van der Waals surface area contributed by atoms with Crippen molar-refractivity contribution >= 4 is 17.5 Å². The summed E-state index contributed by atoms with van der Waals surface area (Å²) in [7, 11) is 0. The Hall–Kier alpha value is -1.22. The maximum Gasteiger partial charge on any atom is 0.224 e. The van der Waals surface area contributed by atoms with E-state index in [2.05, 4.69) is 5.32 Å². The topological polar surface area (TPSA) is 49.3 Å². The Kier molecular flexibility index (Phi) is 6.48. The number of rotatable bonds is 7. The number of carbonyl (C=O) groups excluding carboxylic acids is 1. The lowest BCUT2D eigenvalue weighted by atomic mass is 10.1. The molecule has 3 nitrogen and oxygen atoms in total. The Bertz CT molecular complexity index is 355. The number of amides is 1. The molecule has 0 bridgehead atoms. The molecule has 0 heterocycles. The van der Waals surface area contributed by atoms with Crippen molar-refractivity contribution in [3.63, 3.8) is 0 Å². The van der Waals surface area contributed by atoms with Crippen LogP contribution in [0.4, 0.5) is 0 Å². The van der Waals surface area contributed by atoms with Crippen LogP contribution in [0.2, 0.25) is 0 Å². The minimum absolute atomic E-state index is 0.0125. The van der Waals surface area contributed by atoms with E-state index in [4.69, 9.17) is 11.6 Å². The van der Waals surface area contributed by atoms with E-state index in [1.165, 1.54) is 0 Å². The standard InChI is InChI=1S/C13H18ClNO2/c14-7-2-1-3-8-15-13(17)10-11-5-4-6-12(16)9-11/h4-6,9,16H,1-3,7-8,10H2,(H,15,17). The van der Waals surface area contributed by atoms with Crippen LogP contribution in [0.25, 0.3) is 0 Å². The van der Waals surface area contributed by atoms with Gasteiger partial charge in [-0.25, -0.2) is 0 Å². The van der Waals surface area contributed by atoms with Crippen molar-refractivity contribution < 1.29 is 9.90 Å². The average Bonchev–Trinajstić information content (AvgIpc) is 2.29. The number of phenolic OH excluding ortho intramolecular Hbond substituents is 1. The fourth-order valence-electron chi connectivity index (χ4n) is 1.54. The minimum atomic E-state index is -0.0125. The van der Waals surface area contributed by atoms with Crippen LogP contribution in [0, 0.1) is 0 Å². The largest absolute Gasteiger partial charge is 0.508 e. The van der Waals surface area contributed by atoms with Gasteiger partial charge in [0, 0.05) is 12.4 Å². The monoisotopic (exact) mass is 255 g/mol. The molecule has 1 aromatic rings. The molecule has 1 amide bonds. The lowest BCUT2D eigenvalue weighted by Gasteiger charge is -2.05. The summed E-state index contributed by atoms with van der Waals surface area (Å²) in [6, 6.07) is 6.76. The summed E-state index contributed by atoms with van der Waals surface area (Å²) >= 11 is 5.55. The van der Waals surface area contributed by atoms with E-state index in [0.717, 1.165) is 24.8 Å². The number of aromatic hydroxyl groups is 1. The van der Waals surface area contributed by atoms with Gasteiger partial charge >= 0.3 is 0 Å². The fraction of sp³-hybridized carbons (Fsp3) is 0.462. The van der Waals surface area contributed by atoms with Crippen molar-refractivity contribution in [3.05, 3.63) is 29.8 Å². The van der Waals surface area contributed by atoms with E-state index < -0.39 is 0 Å². The van der Waals surface area contributed by atoms with Gasteiger partial charge in [0.25, 0.3) is 0 Å². The maximum absolute atomic E-state index is 11.5. The van der Waals surface area contributed by atoms with E-state index in [-0.39, 0.29) is 11.7 Å². The van der Waals surface area contributed by atoms with Crippen molar-refractivity contribution in [2.24, 2.45) is 0 Å². The number of alkyl halides is 1. The highest BCUT2D eigenvalue weighted by molar-refractivity contribution is 6.17. The van der Waals surface area contributed by atoms with Gasteiger partial charge in [-0.05, 0) is 30.5 Å². The van der Waals surface area contributed by atoms with Crippen LogP contribution in [0.5, 0.6) is 5.75 Å². The predicted molar refractivity (Wildman–Crippen MR) is 69.4 cm³/mol. The molecule has 0 fully saturated rings. The van der Waals surface area contributed by atoms with E-state index in [0.29, 0.717) is 18.8 Å². The zero-order valence-corrected chi connectivity index (χ0v) is 10.5. The molecule has 0 atom stereocenters. The number of hydrogen-bond donors (Lipinski definition) is 2. The van der Waals surface area contributed by atoms with Gasteiger partial charge in [0.1, 0.15) is 5.75 Å². The highest BCUT2D eigenvalue weighted by atomic mass is 35.5. The van der Waals surface area contributed by atoms with Gasteiger partial charge in [-0.1, -0.05) is 18.6 Å². The summed E-state index contributed by atoms with van der Waals surface area (Å²) in [6.07, 6.45) is 3.29. The van der Waals surface area contributed by atoms with Crippen molar-refractivity contribution in [2.75, 3.05) is 12.4 Å². The first-order valence-corrected chi connectivity index (χ1v) is 6.36. The zero-order valence-electron chi connectivity index (χ0n) is 9.79. The summed E-state index contributed by atoms with van der Waals surface area (Å²) in [5.41, 5.74) is 0.822. The fourth-order valence-corrected chi connectivity index (χ4v) is 1.73. The molecule has 2 N–H and O–H groups in total. The van der Waals surface area contributed by atoms with Crippen LogP contribution >= 0.6 is 11.6 Å². The smallest absolute Gasteiger partial charge is 0.224 e. The lowest BCUT2D eigenvalue weighted by Crippen LogP contribution is -2.26. The van der Waals surface area contributed by atoms with Crippen molar-refractivity contribution in [1.82, 2.24) is 5.32 Å². The van der Waals surface area contributed by atoms with Gasteiger partial charge < -0.3 is 10.4 Å². The number of phenols is 1. The van der Waals surface area contributed by atoms with Gasteiger partial charge in [-0.3, -0.25) is 4.79 Å². The quantitative estimate of drug-likeness (QED) is 0.581. The van der Waals surface area contributed by atoms with E-state index in [1.54, 1.807) is 18.2 Å². The molecule has 0 saturated heterocycles. The average molecular weight is 256 g/mol. The summed E-state index contributed by atoms with van der Waals surface area (Å²) in [5, 5.41) is 12.1. The Morgan fingerprint density at radius 3 is 2.82 bits per heavy atom. The third-order valence-electron chi connectivity index (χ3n) is 2.41. The van der Waals surface area contributed by atoms with Gasteiger partial charge in [0.15, 0.2) is 0 Å². The molecule has 0 unspecified atom stereocenters. The van der Waals surface area contributed by atoms with Crippen LogP contribution < -0.4 is 5.32 Å². The third kappa shape index (κ3) is 6.17. The molecule has 94 valence electrons. The Morgan fingerprint density at radius 2 is 2.12 bits per heavy atom. The number of unbranched alkanes of at least 4 members (excludes halogenated alkanes) is 2. The maximum atomic E-state index is 11.5. The summed E-state index contributed by atoms with van der Waals surface area (Å²) in [4.78, 5) is 11.5. The predicted octanol–water partition coefficient (Wildman–Crippen LogP) is 2.46. The van der Waals surface area contributed by atoms with Gasteiger partial charge in [0.2, 0.25) is 5.91 Å². The van der Waals surface area contributed by atoms with Crippen LogP contribution in [0.3, 0.4) is 0 Å². The molecular formula is C13H18ClNO2. The molecule has 0 radical (unpaired) electrons. The van der Waals surface area contributed by atoms with Gasteiger partial charge in [0.05, 0.1) is 6.42 Å². The van der Waals surface area contributed by atoms with Crippen molar-refractivity contribution in [2.45, 2.75) is 25.7 Å². The number of halogens is 1. The summed E-state index contributed by atoms with van der Waals surface area (Å²) in [5.74, 6) is 0.857. The molecule has 1 rings (SSSR count). The number of nitrogens with one attached hydrogen (secondary N) is 1. The van der Waals surface area contributed by atoms with Crippen LogP contribution in [0.15, 0.2) is 24.3 Å². The van der Waals surface area contributed by atoms with Crippen molar-refractivity contribution in [3.8, 4) is 5.75 Å². The first-order chi connectivity index (χ1) is 8.22. The second-order valence-electron chi connectivity index (χ2n) is 3.95. The molecule has 0 spiro atoms. The second kappa shape index (κ2) is 7.96. The Labute approximate surface area is 107 Å². The summed E-state index contributed by atoms with van der Waals surface area (Å²) in [6.45, 7) is 0.689. The number of hydrogen-bond acceptors (Lipinski definition) is 2. The highest BCUT2D eigenvalue weighted by Gasteiger charge is 2.03. The molecule has 0 aliphatic carbocycles. The lowest BCUT2D eigenvalue weighted by molar-refractivity contribution is -0.120. The molecule has 0 aliphatic rings. The molecule has 4 heteroatoms. The first-order valence-electron chi connectivity index (χ1n) is 5.83.